The Morgan fingerprint density at radius 2 is 1.91 bits per heavy atom. The smallest absolute Gasteiger partial charge is 0.252 e. The highest BCUT2D eigenvalue weighted by molar-refractivity contribution is 7.98. The summed E-state index contributed by atoms with van der Waals surface area (Å²) in [5.41, 5.74) is 2.58. The second-order valence-corrected chi connectivity index (χ2v) is 5.91. The monoisotopic (exact) mass is 324 g/mol. The minimum atomic E-state index is -0.146. The summed E-state index contributed by atoms with van der Waals surface area (Å²) in [5.74, 6) is 1.53. The van der Waals surface area contributed by atoms with E-state index in [1.807, 2.05) is 54.6 Å². The Balaban J connectivity index is 1.80. The number of rotatable bonds is 5. The number of benzene rings is 2. The molecule has 1 aromatic heterocycles. The van der Waals surface area contributed by atoms with Gasteiger partial charge in [-0.05, 0) is 17.7 Å². The Labute approximate surface area is 138 Å². The number of nitrogens with zero attached hydrogens (tertiary/aromatic N) is 1. The molecule has 0 unspecified atom stereocenters. The van der Waals surface area contributed by atoms with E-state index in [0.29, 0.717) is 16.6 Å². The van der Waals surface area contributed by atoms with Gasteiger partial charge in [-0.1, -0.05) is 54.2 Å². The number of methoxy groups -OCH3 is 1. The fraction of sp³-hybridized carbons (Fsp3) is 0.111. The SMILES string of the molecule is COc1cccc(CSc2nc(-c3ccccc3)cc(=O)[nH]2)c1. The largest absolute Gasteiger partial charge is 0.497 e. The number of hydrogen-bond acceptors (Lipinski definition) is 4. The number of nitrogens with one attached hydrogen (secondary N) is 1. The molecule has 3 aromatic rings. The van der Waals surface area contributed by atoms with Crippen LogP contribution in [0.2, 0.25) is 0 Å². The van der Waals surface area contributed by atoms with Gasteiger partial charge in [-0.15, -0.1) is 0 Å². The zero-order valence-corrected chi connectivity index (χ0v) is 13.5. The quantitative estimate of drug-likeness (QED) is 0.574. The normalized spacial score (nSPS) is 10.5. The van der Waals surface area contributed by atoms with Gasteiger partial charge >= 0.3 is 0 Å². The molecule has 3 rings (SSSR count). The topological polar surface area (TPSA) is 55.0 Å². The van der Waals surface area contributed by atoms with Crippen molar-refractivity contribution in [2.75, 3.05) is 7.11 Å². The molecule has 0 aliphatic heterocycles. The van der Waals surface area contributed by atoms with E-state index in [0.717, 1.165) is 16.9 Å². The maximum Gasteiger partial charge on any atom is 0.252 e. The fourth-order valence-corrected chi connectivity index (χ4v) is 2.99. The van der Waals surface area contributed by atoms with Crippen molar-refractivity contribution < 1.29 is 4.74 Å². The Hall–Kier alpha value is -2.53. The molecule has 1 N–H and O–H groups in total. The predicted molar refractivity (Wildman–Crippen MR) is 92.8 cm³/mol. The average molecular weight is 324 g/mol. The first-order chi connectivity index (χ1) is 11.2. The summed E-state index contributed by atoms with van der Waals surface area (Å²) in [6.45, 7) is 0. The van der Waals surface area contributed by atoms with Crippen molar-refractivity contribution >= 4 is 11.8 Å². The summed E-state index contributed by atoms with van der Waals surface area (Å²) >= 11 is 1.49. The van der Waals surface area contributed by atoms with E-state index in [4.69, 9.17) is 4.74 Å². The van der Waals surface area contributed by atoms with Gasteiger partial charge in [0.05, 0.1) is 12.8 Å². The maximum atomic E-state index is 11.9. The Kier molecular flexibility index (Phi) is 4.78. The van der Waals surface area contributed by atoms with Gasteiger partial charge < -0.3 is 9.72 Å². The summed E-state index contributed by atoms with van der Waals surface area (Å²) in [6.07, 6.45) is 0. The first-order valence-electron chi connectivity index (χ1n) is 7.17. The second kappa shape index (κ2) is 7.15. The number of H-pyrrole nitrogens is 1. The van der Waals surface area contributed by atoms with Crippen LogP contribution in [0.5, 0.6) is 5.75 Å². The van der Waals surface area contributed by atoms with Crippen LogP contribution in [-0.4, -0.2) is 17.1 Å². The van der Waals surface area contributed by atoms with Crippen LogP contribution in [-0.2, 0) is 5.75 Å². The van der Waals surface area contributed by atoms with E-state index in [9.17, 15) is 4.79 Å². The predicted octanol–water partition coefficient (Wildman–Crippen LogP) is 3.74. The minimum Gasteiger partial charge on any atom is -0.497 e. The fourth-order valence-electron chi connectivity index (χ4n) is 2.17. The van der Waals surface area contributed by atoms with Gasteiger partial charge in [0.1, 0.15) is 5.75 Å². The van der Waals surface area contributed by atoms with Crippen molar-refractivity contribution in [3.05, 3.63) is 76.6 Å². The van der Waals surface area contributed by atoms with Crippen molar-refractivity contribution in [2.24, 2.45) is 0 Å². The Morgan fingerprint density at radius 1 is 1.09 bits per heavy atom. The lowest BCUT2D eigenvalue weighted by atomic mass is 10.1. The molecule has 5 heteroatoms. The van der Waals surface area contributed by atoms with E-state index in [-0.39, 0.29) is 5.56 Å². The van der Waals surface area contributed by atoms with Gasteiger partial charge in [0.15, 0.2) is 5.16 Å². The third kappa shape index (κ3) is 4.02. The van der Waals surface area contributed by atoms with Crippen LogP contribution in [0.15, 0.2) is 70.6 Å². The molecule has 116 valence electrons. The molecular formula is C18H16N2O2S. The summed E-state index contributed by atoms with van der Waals surface area (Å²) < 4.78 is 5.22. The molecule has 0 fully saturated rings. The molecule has 0 bridgehead atoms. The molecule has 0 saturated heterocycles. The highest BCUT2D eigenvalue weighted by atomic mass is 32.2. The van der Waals surface area contributed by atoms with Crippen LogP contribution in [0.4, 0.5) is 0 Å². The zero-order valence-electron chi connectivity index (χ0n) is 12.7. The van der Waals surface area contributed by atoms with Gasteiger partial charge in [0, 0.05) is 17.4 Å². The van der Waals surface area contributed by atoms with E-state index >= 15 is 0 Å². The van der Waals surface area contributed by atoms with Crippen LogP contribution in [0.25, 0.3) is 11.3 Å². The third-order valence-corrected chi connectivity index (χ3v) is 4.24. The van der Waals surface area contributed by atoms with Gasteiger partial charge in [0.2, 0.25) is 0 Å². The van der Waals surface area contributed by atoms with Crippen molar-refractivity contribution in [1.29, 1.82) is 0 Å². The molecule has 0 amide bonds. The highest BCUT2D eigenvalue weighted by Crippen LogP contribution is 2.23. The number of aromatic nitrogens is 2. The molecule has 0 spiro atoms. The van der Waals surface area contributed by atoms with Crippen LogP contribution in [0, 0.1) is 0 Å². The molecule has 0 atom stereocenters. The Morgan fingerprint density at radius 3 is 2.70 bits per heavy atom. The summed E-state index contributed by atoms with van der Waals surface area (Å²) in [4.78, 5) is 19.2. The molecule has 2 aromatic carbocycles. The molecule has 0 saturated carbocycles. The molecule has 4 nitrogen and oxygen atoms in total. The molecule has 23 heavy (non-hydrogen) atoms. The van der Waals surface area contributed by atoms with Crippen molar-refractivity contribution in [1.82, 2.24) is 9.97 Å². The summed E-state index contributed by atoms with van der Waals surface area (Å²) in [6, 6.07) is 19.1. The first kappa shape index (κ1) is 15.4. The molecular weight excluding hydrogens is 308 g/mol. The Bertz CT molecular complexity index is 847. The number of ether oxygens (including phenoxy) is 1. The van der Waals surface area contributed by atoms with Gasteiger partial charge in [-0.25, -0.2) is 4.98 Å². The standard InChI is InChI=1S/C18H16N2O2S/c1-22-15-9-5-6-13(10-15)12-23-18-19-16(11-17(21)20-18)14-7-3-2-4-8-14/h2-11H,12H2,1H3,(H,19,20,21). The lowest BCUT2D eigenvalue weighted by molar-refractivity contribution is 0.414. The zero-order chi connectivity index (χ0) is 16.1. The van der Waals surface area contributed by atoms with E-state index in [1.54, 1.807) is 7.11 Å². The van der Waals surface area contributed by atoms with Crippen LogP contribution < -0.4 is 10.3 Å². The number of thioether (sulfide) groups is 1. The van der Waals surface area contributed by atoms with Crippen molar-refractivity contribution in [3.63, 3.8) is 0 Å². The van der Waals surface area contributed by atoms with Gasteiger partial charge in [-0.2, -0.15) is 0 Å². The molecule has 0 aliphatic rings. The van der Waals surface area contributed by atoms with Crippen molar-refractivity contribution in [3.8, 4) is 17.0 Å². The summed E-state index contributed by atoms with van der Waals surface area (Å²) in [5, 5.41) is 0.610. The lowest BCUT2D eigenvalue weighted by Crippen LogP contribution is -2.08. The van der Waals surface area contributed by atoms with Crippen LogP contribution in [0.1, 0.15) is 5.56 Å². The lowest BCUT2D eigenvalue weighted by Gasteiger charge is -2.06. The van der Waals surface area contributed by atoms with Crippen LogP contribution in [0.3, 0.4) is 0 Å². The average Bonchev–Trinajstić information content (AvgIpc) is 2.60. The van der Waals surface area contributed by atoms with Gasteiger partial charge in [0.25, 0.3) is 5.56 Å². The van der Waals surface area contributed by atoms with E-state index in [1.165, 1.54) is 17.8 Å². The van der Waals surface area contributed by atoms with Crippen LogP contribution >= 0.6 is 11.8 Å². The second-order valence-electron chi connectivity index (χ2n) is 4.94. The molecule has 1 heterocycles. The van der Waals surface area contributed by atoms with E-state index in [2.05, 4.69) is 9.97 Å². The number of aromatic amines is 1. The summed E-state index contributed by atoms with van der Waals surface area (Å²) in [7, 11) is 1.65. The first-order valence-corrected chi connectivity index (χ1v) is 8.16. The minimum absolute atomic E-state index is 0.146. The highest BCUT2D eigenvalue weighted by Gasteiger charge is 2.05. The van der Waals surface area contributed by atoms with Gasteiger partial charge in [-0.3, -0.25) is 4.79 Å². The number of hydrogen-bond donors (Lipinski definition) is 1. The maximum absolute atomic E-state index is 11.9. The molecule has 0 aliphatic carbocycles. The van der Waals surface area contributed by atoms with Crippen molar-refractivity contribution in [2.45, 2.75) is 10.9 Å². The molecule has 0 radical (unpaired) electrons. The van der Waals surface area contributed by atoms with E-state index < -0.39 is 0 Å². The third-order valence-electron chi connectivity index (χ3n) is 3.30.